The number of nitro benzene ring substituents is 1. The lowest BCUT2D eigenvalue weighted by Gasteiger charge is -2.10. The summed E-state index contributed by atoms with van der Waals surface area (Å²) in [5, 5.41) is 13.3. The van der Waals surface area contributed by atoms with Crippen LogP contribution < -0.4 is 5.32 Å². The van der Waals surface area contributed by atoms with Gasteiger partial charge < -0.3 is 5.32 Å². The van der Waals surface area contributed by atoms with Crippen molar-refractivity contribution in [1.29, 1.82) is 0 Å². The van der Waals surface area contributed by atoms with Gasteiger partial charge in [0.05, 0.1) is 11.0 Å². The molecule has 1 N–H and O–H groups in total. The number of halogens is 3. The molecule has 0 saturated heterocycles. The Hall–Kier alpha value is -1.57. The van der Waals surface area contributed by atoms with Gasteiger partial charge in [0.25, 0.3) is 11.6 Å². The highest BCUT2D eigenvalue weighted by Gasteiger charge is 2.30. The number of amides is 1. The summed E-state index contributed by atoms with van der Waals surface area (Å²) in [6.07, 6.45) is 2.13. The molecule has 1 atom stereocenters. The molecule has 108 valence electrons. The van der Waals surface area contributed by atoms with Gasteiger partial charge in [-0.1, -0.05) is 15.9 Å². The molecule has 1 fully saturated rings. The predicted octanol–water partition coefficient (Wildman–Crippen LogP) is 2.78. The zero-order chi connectivity index (χ0) is 14.9. The minimum Gasteiger partial charge on any atom is -0.351 e. The van der Waals surface area contributed by atoms with Crippen LogP contribution in [0.4, 0.5) is 14.5 Å². The highest BCUT2D eigenvalue weighted by Crippen LogP contribution is 2.36. The van der Waals surface area contributed by atoms with Crippen LogP contribution in [0.25, 0.3) is 0 Å². The van der Waals surface area contributed by atoms with Gasteiger partial charge in [-0.15, -0.1) is 0 Å². The highest BCUT2D eigenvalue weighted by molar-refractivity contribution is 9.09. The van der Waals surface area contributed by atoms with E-state index in [1.165, 1.54) is 0 Å². The van der Waals surface area contributed by atoms with Crippen molar-refractivity contribution in [1.82, 2.24) is 5.32 Å². The number of carbonyl (C=O) groups is 1. The minimum atomic E-state index is -1.36. The quantitative estimate of drug-likeness (QED) is 0.505. The third-order valence-corrected chi connectivity index (χ3v) is 4.14. The number of hydrogen-bond donors (Lipinski definition) is 1. The van der Waals surface area contributed by atoms with E-state index in [1.807, 2.05) is 0 Å². The third-order valence-electron chi connectivity index (χ3n) is 3.07. The van der Waals surface area contributed by atoms with Crippen LogP contribution >= 0.6 is 15.9 Å². The highest BCUT2D eigenvalue weighted by atomic mass is 79.9. The lowest BCUT2D eigenvalue weighted by Crippen LogP contribution is -2.31. The number of nitrogens with one attached hydrogen (secondary N) is 1. The van der Waals surface area contributed by atoms with E-state index in [9.17, 15) is 23.7 Å². The molecular weight excluding hydrogens is 338 g/mol. The van der Waals surface area contributed by atoms with Crippen LogP contribution in [0.3, 0.4) is 0 Å². The maximum Gasteiger partial charge on any atom is 0.285 e. The average molecular weight is 349 g/mol. The van der Waals surface area contributed by atoms with Gasteiger partial charge >= 0.3 is 0 Å². The van der Waals surface area contributed by atoms with E-state index in [1.54, 1.807) is 0 Å². The van der Waals surface area contributed by atoms with Crippen LogP contribution in [0.2, 0.25) is 0 Å². The second kappa shape index (κ2) is 5.82. The largest absolute Gasteiger partial charge is 0.351 e. The van der Waals surface area contributed by atoms with Gasteiger partial charge in [-0.05, 0) is 24.8 Å². The van der Waals surface area contributed by atoms with E-state index in [4.69, 9.17) is 0 Å². The smallest absolute Gasteiger partial charge is 0.285 e. The Morgan fingerprint density at radius 3 is 2.60 bits per heavy atom. The fraction of sp³-hybridized carbons (Fsp3) is 0.417. The van der Waals surface area contributed by atoms with Gasteiger partial charge in [-0.3, -0.25) is 14.9 Å². The van der Waals surface area contributed by atoms with E-state index in [-0.39, 0.29) is 11.4 Å². The van der Waals surface area contributed by atoms with E-state index in [0.717, 1.165) is 12.8 Å². The summed E-state index contributed by atoms with van der Waals surface area (Å²) in [5.74, 6) is -2.96. The van der Waals surface area contributed by atoms with Crippen molar-refractivity contribution in [2.75, 3.05) is 6.54 Å². The Morgan fingerprint density at radius 2 is 2.05 bits per heavy atom. The predicted molar refractivity (Wildman–Crippen MR) is 70.8 cm³/mol. The van der Waals surface area contributed by atoms with Crippen LogP contribution in [0.5, 0.6) is 0 Å². The second-order valence-electron chi connectivity index (χ2n) is 4.60. The standard InChI is InChI=1S/C12H11BrF2N2O3/c13-8(6-1-2-6)5-16-12(18)7-3-9(14)10(15)4-11(7)17(19)20/h3-4,6,8H,1-2,5H2,(H,16,18). The summed E-state index contributed by atoms with van der Waals surface area (Å²) < 4.78 is 26.1. The summed E-state index contributed by atoms with van der Waals surface area (Å²) in [5.41, 5.74) is -1.23. The molecule has 2 rings (SSSR count). The molecule has 1 amide bonds. The maximum absolute atomic E-state index is 13.1. The Bertz CT molecular complexity index is 564. The maximum atomic E-state index is 13.1. The summed E-state index contributed by atoms with van der Waals surface area (Å²) in [6, 6.07) is 0.958. The zero-order valence-electron chi connectivity index (χ0n) is 10.2. The third kappa shape index (κ3) is 3.30. The molecule has 20 heavy (non-hydrogen) atoms. The first-order chi connectivity index (χ1) is 9.40. The van der Waals surface area contributed by atoms with Crippen LogP contribution in [0.1, 0.15) is 23.2 Å². The molecule has 0 spiro atoms. The number of rotatable bonds is 5. The Balaban J connectivity index is 2.15. The molecule has 8 heteroatoms. The van der Waals surface area contributed by atoms with Crippen molar-refractivity contribution >= 4 is 27.5 Å². The SMILES string of the molecule is O=C(NCC(Br)C1CC1)c1cc(F)c(F)cc1[N+](=O)[O-]. The summed E-state index contributed by atoms with van der Waals surface area (Å²) >= 11 is 3.40. The molecular formula is C12H11BrF2N2O3. The van der Waals surface area contributed by atoms with Crippen LogP contribution in [0, 0.1) is 27.7 Å². The molecule has 1 aromatic rings. The van der Waals surface area contributed by atoms with Crippen LogP contribution in [0.15, 0.2) is 12.1 Å². The molecule has 1 aromatic carbocycles. The lowest BCUT2D eigenvalue weighted by atomic mass is 10.1. The second-order valence-corrected chi connectivity index (χ2v) is 5.78. The first-order valence-corrected chi connectivity index (χ1v) is 6.87. The fourth-order valence-electron chi connectivity index (χ4n) is 1.78. The van der Waals surface area contributed by atoms with Gasteiger partial charge in [0, 0.05) is 11.4 Å². The van der Waals surface area contributed by atoms with E-state index in [2.05, 4.69) is 21.2 Å². The van der Waals surface area contributed by atoms with Crippen molar-refractivity contribution in [3.8, 4) is 0 Å². The van der Waals surface area contributed by atoms with Crippen molar-refractivity contribution in [2.24, 2.45) is 5.92 Å². The van der Waals surface area contributed by atoms with Crippen molar-refractivity contribution in [3.63, 3.8) is 0 Å². The van der Waals surface area contributed by atoms with Gasteiger partial charge in [-0.2, -0.15) is 0 Å². The van der Waals surface area contributed by atoms with E-state index < -0.39 is 33.7 Å². The average Bonchev–Trinajstić information content (AvgIpc) is 3.22. The van der Waals surface area contributed by atoms with Crippen molar-refractivity contribution < 1.29 is 18.5 Å². The van der Waals surface area contributed by atoms with Gasteiger partial charge in [-0.25, -0.2) is 8.78 Å². The summed E-state index contributed by atoms with van der Waals surface area (Å²) in [7, 11) is 0. The topological polar surface area (TPSA) is 72.2 Å². The van der Waals surface area contributed by atoms with Crippen LogP contribution in [-0.4, -0.2) is 22.2 Å². The summed E-state index contributed by atoms with van der Waals surface area (Å²) in [6.45, 7) is 0.277. The molecule has 0 aliphatic heterocycles. The molecule has 0 aromatic heterocycles. The van der Waals surface area contributed by atoms with Crippen molar-refractivity contribution in [3.05, 3.63) is 39.4 Å². The number of carbonyl (C=O) groups excluding carboxylic acids is 1. The normalized spacial score (nSPS) is 15.8. The Labute approximate surface area is 121 Å². The molecule has 5 nitrogen and oxygen atoms in total. The lowest BCUT2D eigenvalue weighted by molar-refractivity contribution is -0.385. The fourth-order valence-corrected chi connectivity index (χ4v) is 2.47. The van der Waals surface area contributed by atoms with Crippen LogP contribution in [-0.2, 0) is 0 Å². The van der Waals surface area contributed by atoms with E-state index >= 15 is 0 Å². The number of alkyl halides is 1. The Kier molecular flexibility index (Phi) is 4.32. The number of hydrogen-bond acceptors (Lipinski definition) is 3. The Morgan fingerprint density at radius 1 is 1.45 bits per heavy atom. The molecule has 1 aliphatic rings. The van der Waals surface area contributed by atoms with Gasteiger partial charge in [0.1, 0.15) is 5.56 Å². The molecule has 0 heterocycles. The van der Waals surface area contributed by atoms with E-state index in [0.29, 0.717) is 18.1 Å². The molecule has 1 saturated carbocycles. The number of benzene rings is 1. The zero-order valence-corrected chi connectivity index (χ0v) is 11.8. The first kappa shape index (κ1) is 14.8. The monoisotopic (exact) mass is 348 g/mol. The number of nitro groups is 1. The molecule has 1 aliphatic carbocycles. The van der Waals surface area contributed by atoms with Gasteiger partial charge in [0.15, 0.2) is 11.6 Å². The van der Waals surface area contributed by atoms with Crippen molar-refractivity contribution in [2.45, 2.75) is 17.7 Å². The number of nitrogens with zero attached hydrogens (tertiary/aromatic N) is 1. The molecule has 0 bridgehead atoms. The molecule has 1 unspecified atom stereocenters. The molecule has 0 radical (unpaired) electrons. The summed E-state index contributed by atoms with van der Waals surface area (Å²) in [4.78, 5) is 21.8. The minimum absolute atomic E-state index is 0.0794. The first-order valence-electron chi connectivity index (χ1n) is 5.96. The van der Waals surface area contributed by atoms with Gasteiger partial charge in [0.2, 0.25) is 0 Å².